The van der Waals surface area contributed by atoms with Crippen LogP contribution in [0.15, 0.2) is 11.4 Å². The van der Waals surface area contributed by atoms with Gasteiger partial charge in [0.2, 0.25) is 0 Å². The molecule has 0 aliphatic carbocycles. The molecule has 0 atom stereocenters. The van der Waals surface area contributed by atoms with Crippen LogP contribution in [0.25, 0.3) is 10.6 Å². The first-order chi connectivity index (χ1) is 7.70. The average Bonchev–Trinajstić information content (AvgIpc) is 2.82. The van der Waals surface area contributed by atoms with Crippen LogP contribution in [0.3, 0.4) is 0 Å². The summed E-state index contributed by atoms with van der Waals surface area (Å²) in [6, 6.07) is 2.23. The molecular weight excluding hydrogens is 236 g/mol. The Morgan fingerprint density at radius 3 is 2.81 bits per heavy atom. The Morgan fingerprint density at radius 1 is 1.38 bits per heavy atom. The molecule has 2 aromatic rings. The third-order valence-corrected chi connectivity index (χ3v) is 4.27. The maximum atomic E-state index is 4.65. The van der Waals surface area contributed by atoms with Crippen LogP contribution in [0.5, 0.6) is 0 Å². The van der Waals surface area contributed by atoms with Crippen LogP contribution in [0, 0.1) is 13.8 Å². The molecule has 0 unspecified atom stereocenters. The first-order valence-corrected chi connectivity index (χ1v) is 7.13. The van der Waals surface area contributed by atoms with Crippen LogP contribution in [0.2, 0.25) is 0 Å². The van der Waals surface area contributed by atoms with Crippen molar-refractivity contribution in [2.45, 2.75) is 27.3 Å². The highest BCUT2D eigenvalue weighted by molar-refractivity contribution is 7.15. The number of thiophene rings is 1. The first-order valence-electron chi connectivity index (χ1n) is 5.43. The van der Waals surface area contributed by atoms with Gasteiger partial charge in [0.05, 0.1) is 5.69 Å². The number of hydrogen-bond donors (Lipinski definition) is 1. The van der Waals surface area contributed by atoms with Crippen molar-refractivity contribution >= 4 is 22.7 Å². The molecule has 0 fully saturated rings. The number of hydrogen-bond acceptors (Lipinski definition) is 4. The van der Waals surface area contributed by atoms with Gasteiger partial charge in [0.25, 0.3) is 0 Å². The van der Waals surface area contributed by atoms with Crippen molar-refractivity contribution in [1.82, 2.24) is 10.3 Å². The third kappa shape index (κ3) is 2.51. The minimum Gasteiger partial charge on any atom is -0.311 e. The number of nitrogens with zero attached hydrogens (tertiary/aromatic N) is 1. The highest BCUT2D eigenvalue weighted by atomic mass is 32.1. The topological polar surface area (TPSA) is 24.9 Å². The summed E-state index contributed by atoms with van der Waals surface area (Å²) < 4.78 is 0. The average molecular weight is 252 g/mol. The first kappa shape index (κ1) is 11.8. The van der Waals surface area contributed by atoms with E-state index in [-0.39, 0.29) is 0 Å². The van der Waals surface area contributed by atoms with Gasteiger partial charge in [-0.25, -0.2) is 4.98 Å². The minimum atomic E-state index is 0.870. The van der Waals surface area contributed by atoms with Crippen molar-refractivity contribution in [2.75, 3.05) is 6.54 Å². The molecule has 0 bridgehead atoms. The van der Waals surface area contributed by atoms with E-state index in [1.54, 1.807) is 11.3 Å². The molecule has 2 aromatic heterocycles. The zero-order valence-electron chi connectivity index (χ0n) is 9.83. The molecule has 2 rings (SSSR count). The van der Waals surface area contributed by atoms with Gasteiger partial charge in [-0.2, -0.15) is 0 Å². The molecule has 2 heterocycles. The van der Waals surface area contributed by atoms with Crippen LogP contribution < -0.4 is 5.32 Å². The molecule has 0 aliphatic heterocycles. The lowest BCUT2D eigenvalue weighted by molar-refractivity contribution is 0.715. The van der Waals surface area contributed by atoms with Crippen LogP contribution in [-0.2, 0) is 6.54 Å². The van der Waals surface area contributed by atoms with Crippen LogP contribution in [0.4, 0.5) is 0 Å². The monoisotopic (exact) mass is 252 g/mol. The largest absolute Gasteiger partial charge is 0.311 e. The molecule has 0 radical (unpaired) electrons. The molecule has 1 N–H and O–H groups in total. The van der Waals surface area contributed by atoms with E-state index >= 15 is 0 Å². The van der Waals surface area contributed by atoms with Crippen molar-refractivity contribution in [3.05, 3.63) is 26.9 Å². The van der Waals surface area contributed by atoms with E-state index in [4.69, 9.17) is 0 Å². The molecular formula is C12H16N2S2. The fraction of sp³-hybridized carbons (Fsp3) is 0.417. The fourth-order valence-corrected chi connectivity index (χ4v) is 3.49. The van der Waals surface area contributed by atoms with Gasteiger partial charge in [-0.15, -0.1) is 22.7 Å². The normalized spacial score (nSPS) is 10.9. The lowest BCUT2D eigenvalue weighted by Crippen LogP contribution is -2.11. The quantitative estimate of drug-likeness (QED) is 0.899. The molecule has 86 valence electrons. The summed E-state index contributed by atoms with van der Waals surface area (Å²) >= 11 is 3.58. The molecule has 0 amide bonds. The van der Waals surface area contributed by atoms with Gasteiger partial charge in [0.15, 0.2) is 0 Å². The van der Waals surface area contributed by atoms with Crippen molar-refractivity contribution < 1.29 is 0 Å². The van der Waals surface area contributed by atoms with E-state index in [0.717, 1.165) is 23.8 Å². The van der Waals surface area contributed by atoms with Crippen molar-refractivity contribution in [2.24, 2.45) is 0 Å². The smallest absolute Gasteiger partial charge is 0.124 e. The summed E-state index contributed by atoms with van der Waals surface area (Å²) in [5.41, 5.74) is 2.44. The highest BCUT2D eigenvalue weighted by Gasteiger charge is 2.09. The predicted molar refractivity (Wildman–Crippen MR) is 72.3 cm³/mol. The van der Waals surface area contributed by atoms with E-state index < -0.39 is 0 Å². The van der Waals surface area contributed by atoms with E-state index in [9.17, 15) is 0 Å². The molecule has 4 heteroatoms. The fourth-order valence-electron chi connectivity index (χ4n) is 1.61. The predicted octanol–water partition coefficient (Wildman–Crippen LogP) is 3.60. The van der Waals surface area contributed by atoms with Crippen LogP contribution in [0.1, 0.15) is 22.4 Å². The Hall–Kier alpha value is -0.710. The van der Waals surface area contributed by atoms with Gasteiger partial charge < -0.3 is 5.32 Å². The Morgan fingerprint density at radius 2 is 2.19 bits per heavy atom. The van der Waals surface area contributed by atoms with Gasteiger partial charge >= 0.3 is 0 Å². The maximum Gasteiger partial charge on any atom is 0.124 e. The molecule has 16 heavy (non-hydrogen) atoms. The summed E-state index contributed by atoms with van der Waals surface area (Å²) in [4.78, 5) is 7.38. The Kier molecular flexibility index (Phi) is 3.74. The maximum absolute atomic E-state index is 4.65. The van der Waals surface area contributed by atoms with E-state index in [0.29, 0.717) is 0 Å². The zero-order valence-corrected chi connectivity index (χ0v) is 11.5. The molecule has 0 saturated heterocycles. The summed E-state index contributed by atoms with van der Waals surface area (Å²) in [6.45, 7) is 8.28. The standard InChI is InChI=1S/C12H16N2S2/c1-4-13-6-10-7-15-12(14-10)11-5-8(2)16-9(11)3/h5,7,13H,4,6H2,1-3H3. The van der Waals surface area contributed by atoms with Crippen molar-refractivity contribution in [1.29, 1.82) is 0 Å². The minimum absolute atomic E-state index is 0.870. The number of aromatic nitrogens is 1. The van der Waals surface area contributed by atoms with Gasteiger partial charge in [-0.05, 0) is 26.5 Å². The Balaban J connectivity index is 2.21. The lowest BCUT2D eigenvalue weighted by Gasteiger charge is -1.96. The van der Waals surface area contributed by atoms with Crippen LogP contribution >= 0.6 is 22.7 Å². The van der Waals surface area contributed by atoms with Crippen LogP contribution in [-0.4, -0.2) is 11.5 Å². The highest BCUT2D eigenvalue weighted by Crippen LogP contribution is 2.32. The van der Waals surface area contributed by atoms with Gasteiger partial charge in [0, 0.05) is 27.2 Å². The Labute approximate surface area is 104 Å². The Bertz CT molecular complexity index is 471. The number of rotatable bonds is 4. The summed E-state index contributed by atoms with van der Waals surface area (Å²) in [5.74, 6) is 0. The summed E-state index contributed by atoms with van der Waals surface area (Å²) in [6.07, 6.45) is 0. The second-order valence-corrected chi connectivity index (χ2v) is 6.07. The lowest BCUT2D eigenvalue weighted by atomic mass is 10.2. The number of aryl methyl sites for hydroxylation is 2. The second-order valence-electron chi connectivity index (χ2n) is 3.75. The van der Waals surface area contributed by atoms with Gasteiger partial charge in [-0.1, -0.05) is 6.92 Å². The molecule has 0 spiro atoms. The molecule has 2 nitrogen and oxygen atoms in total. The third-order valence-electron chi connectivity index (χ3n) is 2.38. The second kappa shape index (κ2) is 5.08. The summed E-state index contributed by atoms with van der Waals surface area (Å²) in [7, 11) is 0. The SMILES string of the molecule is CCNCc1csc(-c2cc(C)sc2C)n1. The van der Waals surface area contributed by atoms with Gasteiger partial charge in [0.1, 0.15) is 5.01 Å². The number of nitrogens with one attached hydrogen (secondary N) is 1. The van der Waals surface area contributed by atoms with Crippen molar-refractivity contribution in [3.8, 4) is 10.6 Å². The zero-order chi connectivity index (χ0) is 11.5. The molecule has 0 aromatic carbocycles. The van der Waals surface area contributed by atoms with E-state index in [1.807, 2.05) is 11.3 Å². The van der Waals surface area contributed by atoms with Crippen molar-refractivity contribution in [3.63, 3.8) is 0 Å². The molecule has 0 aliphatic rings. The summed E-state index contributed by atoms with van der Waals surface area (Å²) in [5, 5.41) is 6.59. The van der Waals surface area contributed by atoms with E-state index in [1.165, 1.54) is 15.3 Å². The van der Waals surface area contributed by atoms with Gasteiger partial charge in [-0.3, -0.25) is 0 Å². The van der Waals surface area contributed by atoms with E-state index in [2.05, 4.69) is 42.5 Å². The molecule has 0 saturated carbocycles. The number of thiazole rings is 1.